The molecule has 9 heteroatoms. The van der Waals surface area contributed by atoms with Crippen LogP contribution in [0.2, 0.25) is 0 Å². The number of nitrogens with one attached hydrogen (secondary N) is 2. The maximum Gasteiger partial charge on any atom is 0.191 e. The van der Waals surface area contributed by atoms with Crippen molar-refractivity contribution < 1.29 is 12.8 Å². The van der Waals surface area contributed by atoms with E-state index >= 15 is 0 Å². The van der Waals surface area contributed by atoms with Gasteiger partial charge in [-0.2, -0.15) is 0 Å². The van der Waals surface area contributed by atoms with E-state index in [-0.39, 0.29) is 29.8 Å². The second-order valence-corrected chi connectivity index (χ2v) is 9.45. The molecule has 5 nitrogen and oxygen atoms in total. The molecule has 0 saturated heterocycles. The van der Waals surface area contributed by atoms with Gasteiger partial charge in [-0.1, -0.05) is 12.1 Å². The standard InChI is InChI=1S/C20H26FN3O2S2.HI/c1-4-22-20(23-11-12-27-18-8-6-17(21)7-9-18)24-14-16-5-10-19(15(2)13-16)28(3,25)26;/h5-10,13H,4,11-12,14H2,1-3H3,(H2,22,23,24);1H. The fraction of sp³-hybridized carbons (Fsp3) is 0.350. The molecular weight excluding hydrogens is 524 g/mol. The van der Waals surface area contributed by atoms with Crippen LogP contribution in [0.4, 0.5) is 4.39 Å². The lowest BCUT2D eigenvalue weighted by Crippen LogP contribution is -2.38. The normalized spacial score (nSPS) is 11.7. The summed E-state index contributed by atoms with van der Waals surface area (Å²) in [6, 6.07) is 11.7. The van der Waals surface area contributed by atoms with Crippen molar-refractivity contribution in [2.24, 2.45) is 4.99 Å². The molecule has 0 unspecified atom stereocenters. The molecule has 0 heterocycles. The molecule has 0 aromatic heterocycles. The number of halogens is 2. The summed E-state index contributed by atoms with van der Waals surface area (Å²) in [5.74, 6) is 1.29. The molecule has 0 radical (unpaired) electrons. The summed E-state index contributed by atoms with van der Waals surface area (Å²) in [4.78, 5) is 5.93. The second-order valence-electron chi connectivity index (χ2n) is 6.30. The highest BCUT2D eigenvalue weighted by Crippen LogP contribution is 2.18. The maximum absolute atomic E-state index is 12.9. The van der Waals surface area contributed by atoms with Crippen LogP contribution in [0.25, 0.3) is 0 Å². The van der Waals surface area contributed by atoms with Crippen LogP contribution in [-0.4, -0.2) is 39.5 Å². The molecule has 2 N–H and O–H groups in total. The number of aliphatic imine (C=N–C) groups is 1. The quantitative estimate of drug-likeness (QED) is 0.171. The van der Waals surface area contributed by atoms with Crippen LogP contribution in [0, 0.1) is 12.7 Å². The third-order valence-corrected chi connectivity index (χ3v) is 6.15. The molecule has 2 aromatic rings. The van der Waals surface area contributed by atoms with Crippen molar-refractivity contribution in [3.8, 4) is 0 Å². The number of rotatable bonds is 8. The van der Waals surface area contributed by atoms with Gasteiger partial charge in [-0.25, -0.2) is 17.8 Å². The Morgan fingerprint density at radius 1 is 1.14 bits per heavy atom. The molecule has 0 spiro atoms. The fourth-order valence-corrected chi connectivity index (χ4v) is 4.33. The number of thioether (sulfide) groups is 1. The zero-order valence-electron chi connectivity index (χ0n) is 16.7. The molecule has 2 rings (SSSR count). The van der Waals surface area contributed by atoms with E-state index in [0.717, 1.165) is 28.3 Å². The Bertz CT molecular complexity index is 920. The third-order valence-electron chi connectivity index (χ3n) is 3.88. The Hall–Kier alpha value is -1.33. The van der Waals surface area contributed by atoms with Crippen molar-refractivity contribution >= 4 is 51.5 Å². The van der Waals surface area contributed by atoms with E-state index in [1.54, 1.807) is 43.0 Å². The molecule has 0 bridgehead atoms. The van der Waals surface area contributed by atoms with Crippen molar-refractivity contribution in [3.05, 3.63) is 59.4 Å². The Kier molecular flexibility index (Phi) is 11.0. The summed E-state index contributed by atoms with van der Waals surface area (Å²) in [7, 11) is -3.21. The molecule has 0 saturated carbocycles. The third kappa shape index (κ3) is 8.91. The van der Waals surface area contributed by atoms with Crippen LogP contribution >= 0.6 is 35.7 Å². The van der Waals surface area contributed by atoms with E-state index < -0.39 is 9.84 Å². The highest BCUT2D eigenvalue weighted by molar-refractivity contribution is 14.0. The van der Waals surface area contributed by atoms with E-state index in [4.69, 9.17) is 0 Å². The van der Waals surface area contributed by atoms with Gasteiger partial charge in [0.25, 0.3) is 0 Å². The first-order chi connectivity index (χ1) is 13.3. The van der Waals surface area contributed by atoms with Crippen LogP contribution in [0.15, 0.2) is 57.2 Å². The number of aryl methyl sites for hydroxylation is 1. The van der Waals surface area contributed by atoms with E-state index in [1.165, 1.54) is 18.4 Å². The van der Waals surface area contributed by atoms with Gasteiger partial charge in [0.1, 0.15) is 5.82 Å². The lowest BCUT2D eigenvalue weighted by atomic mass is 10.1. The number of guanidine groups is 1. The van der Waals surface area contributed by atoms with Crippen LogP contribution in [0.3, 0.4) is 0 Å². The monoisotopic (exact) mass is 551 g/mol. The number of hydrogen-bond acceptors (Lipinski definition) is 4. The molecular formula is C20H27FIN3O2S2. The van der Waals surface area contributed by atoms with Gasteiger partial charge in [-0.05, 0) is 55.3 Å². The molecule has 0 atom stereocenters. The van der Waals surface area contributed by atoms with Crippen molar-refractivity contribution in [2.45, 2.75) is 30.2 Å². The van der Waals surface area contributed by atoms with Gasteiger partial charge < -0.3 is 10.6 Å². The van der Waals surface area contributed by atoms with Gasteiger partial charge in [-0.3, -0.25) is 0 Å². The van der Waals surface area contributed by atoms with Crippen molar-refractivity contribution in [1.29, 1.82) is 0 Å². The smallest absolute Gasteiger partial charge is 0.191 e. The Morgan fingerprint density at radius 2 is 1.83 bits per heavy atom. The summed E-state index contributed by atoms with van der Waals surface area (Å²) in [5, 5.41) is 6.46. The summed E-state index contributed by atoms with van der Waals surface area (Å²) in [6.45, 7) is 5.68. The summed E-state index contributed by atoms with van der Waals surface area (Å²) in [6.07, 6.45) is 1.21. The minimum atomic E-state index is -3.21. The maximum atomic E-state index is 12.9. The van der Waals surface area contributed by atoms with Gasteiger partial charge in [0, 0.05) is 30.0 Å². The average molecular weight is 551 g/mol. The highest BCUT2D eigenvalue weighted by atomic mass is 127. The fourth-order valence-electron chi connectivity index (χ4n) is 2.61. The van der Waals surface area contributed by atoms with Crippen LogP contribution < -0.4 is 10.6 Å². The molecule has 0 fully saturated rings. The first-order valence-electron chi connectivity index (χ1n) is 8.99. The highest BCUT2D eigenvalue weighted by Gasteiger charge is 2.10. The van der Waals surface area contributed by atoms with Gasteiger partial charge in [0.15, 0.2) is 15.8 Å². The molecule has 29 heavy (non-hydrogen) atoms. The predicted octanol–water partition coefficient (Wildman–Crippen LogP) is 4.00. The Morgan fingerprint density at radius 3 is 2.41 bits per heavy atom. The topological polar surface area (TPSA) is 70.6 Å². The largest absolute Gasteiger partial charge is 0.357 e. The zero-order valence-corrected chi connectivity index (χ0v) is 20.7. The van der Waals surface area contributed by atoms with E-state index in [1.807, 2.05) is 13.0 Å². The first-order valence-corrected chi connectivity index (χ1v) is 11.9. The Labute approximate surface area is 193 Å². The number of benzene rings is 2. The minimum Gasteiger partial charge on any atom is -0.357 e. The molecule has 0 aliphatic carbocycles. The number of hydrogen-bond donors (Lipinski definition) is 2. The van der Waals surface area contributed by atoms with E-state index in [2.05, 4.69) is 15.6 Å². The molecule has 0 aliphatic heterocycles. The van der Waals surface area contributed by atoms with Crippen LogP contribution in [0.1, 0.15) is 18.1 Å². The molecule has 0 aliphatic rings. The minimum absolute atomic E-state index is 0. The number of nitrogens with zero attached hydrogens (tertiary/aromatic N) is 1. The predicted molar refractivity (Wildman–Crippen MR) is 130 cm³/mol. The average Bonchev–Trinajstić information content (AvgIpc) is 2.63. The summed E-state index contributed by atoms with van der Waals surface area (Å²) >= 11 is 1.64. The first kappa shape index (κ1) is 25.7. The van der Waals surface area contributed by atoms with Crippen molar-refractivity contribution in [2.75, 3.05) is 25.1 Å². The van der Waals surface area contributed by atoms with E-state index in [0.29, 0.717) is 23.9 Å². The van der Waals surface area contributed by atoms with Gasteiger partial charge in [0.2, 0.25) is 0 Å². The van der Waals surface area contributed by atoms with Crippen molar-refractivity contribution in [1.82, 2.24) is 10.6 Å². The SMILES string of the molecule is CCNC(=NCc1ccc(S(C)(=O)=O)c(C)c1)NCCSc1ccc(F)cc1.I. The van der Waals surface area contributed by atoms with E-state index in [9.17, 15) is 12.8 Å². The van der Waals surface area contributed by atoms with Gasteiger partial charge in [-0.15, -0.1) is 35.7 Å². The van der Waals surface area contributed by atoms with Crippen LogP contribution in [0.5, 0.6) is 0 Å². The van der Waals surface area contributed by atoms with Crippen LogP contribution in [-0.2, 0) is 16.4 Å². The molecule has 2 aromatic carbocycles. The molecule has 0 amide bonds. The van der Waals surface area contributed by atoms with Crippen molar-refractivity contribution in [3.63, 3.8) is 0 Å². The zero-order chi connectivity index (χ0) is 20.6. The summed E-state index contributed by atoms with van der Waals surface area (Å²) in [5.41, 5.74) is 1.67. The lowest BCUT2D eigenvalue weighted by Gasteiger charge is -2.12. The lowest BCUT2D eigenvalue weighted by molar-refractivity contribution is 0.601. The number of sulfone groups is 1. The Balaban J connectivity index is 0.00000420. The summed E-state index contributed by atoms with van der Waals surface area (Å²) < 4.78 is 36.3. The van der Waals surface area contributed by atoms with Gasteiger partial charge >= 0.3 is 0 Å². The molecule has 160 valence electrons. The second kappa shape index (κ2) is 12.4. The van der Waals surface area contributed by atoms with Gasteiger partial charge in [0.05, 0.1) is 11.4 Å².